The van der Waals surface area contributed by atoms with E-state index in [1.807, 2.05) is 0 Å². The molecule has 1 heterocycles. The van der Waals surface area contributed by atoms with E-state index in [-0.39, 0.29) is 5.79 Å². The SMILES string of the molecule is CCCC1=CCC(C2CCC3(CC2)OCCO3)CC1. The van der Waals surface area contributed by atoms with Crippen LogP contribution in [0.25, 0.3) is 0 Å². The molecule has 2 aliphatic carbocycles. The number of allylic oxidation sites excluding steroid dienone is 2. The molecule has 3 rings (SSSR count). The van der Waals surface area contributed by atoms with Gasteiger partial charge >= 0.3 is 0 Å². The van der Waals surface area contributed by atoms with Gasteiger partial charge in [0.25, 0.3) is 0 Å². The average Bonchev–Trinajstić information content (AvgIpc) is 2.90. The normalized spacial score (nSPS) is 31.6. The van der Waals surface area contributed by atoms with Crippen molar-refractivity contribution in [2.75, 3.05) is 13.2 Å². The fourth-order valence-electron chi connectivity index (χ4n) is 4.22. The molecule has 1 aliphatic heterocycles. The Hall–Kier alpha value is -0.340. The maximum atomic E-state index is 5.83. The lowest BCUT2D eigenvalue weighted by molar-refractivity contribution is -0.185. The second kappa shape index (κ2) is 5.97. The molecule has 0 amide bonds. The highest BCUT2D eigenvalue weighted by atomic mass is 16.7. The molecular weight excluding hydrogens is 236 g/mol. The van der Waals surface area contributed by atoms with Crippen molar-refractivity contribution in [1.29, 1.82) is 0 Å². The third-order valence-corrected chi connectivity index (χ3v) is 5.39. The van der Waals surface area contributed by atoms with Gasteiger partial charge in [-0.2, -0.15) is 0 Å². The molecular formula is C17H28O2. The molecule has 0 aromatic rings. The molecule has 0 radical (unpaired) electrons. The second-order valence-electron chi connectivity index (χ2n) is 6.59. The van der Waals surface area contributed by atoms with Crippen LogP contribution in [0.5, 0.6) is 0 Å². The number of hydrogen-bond donors (Lipinski definition) is 0. The molecule has 1 saturated heterocycles. The Kier molecular flexibility index (Phi) is 4.28. The Labute approximate surface area is 117 Å². The summed E-state index contributed by atoms with van der Waals surface area (Å²) in [5, 5.41) is 0. The van der Waals surface area contributed by atoms with E-state index in [1.54, 1.807) is 5.57 Å². The Morgan fingerprint density at radius 3 is 2.42 bits per heavy atom. The summed E-state index contributed by atoms with van der Waals surface area (Å²) in [5.41, 5.74) is 1.72. The molecule has 2 heteroatoms. The summed E-state index contributed by atoms with van der Waals surface area (Å²) in [5.74, 6) is 1.67. The van der Waals surface area contributed by atoms with Crippen molar-refractivity contribution in [3.63, 3.8) is 0 Å². The van der Waals surface area contributed by atoms with E-state index in [4.69, 9.17) is 9.47 Å². The minimum atomic E-state index is -0.172. The van der Waals surface area contributed by atoms with Gasteiger partial charge in [0.15, 0.2) is 5.79 Å². The smallest absolute Gasteiger partial charge is 0.168 e. The highest BCUT2D eigenvalue weighted by Gasteiger charge is 2.41. The Balaban J connectivity index is 1.49. The molecule has 2 nitrogen and oxygen atoms in total. The van der Waals surface area contributed by atoms with Crippen LogP contribution in [0.1, 0.15) is 64.7 Å². The van der Waals surface area contributed by atoms with E-state index in [9.17, 15) is 0 Å². The summed E-state index contributed by atoms with van der Waals surface area (Å²) in [7, 11) is 0. The summed E-state index contributed by atoms with van der Waals surface area (Å²) < 4.78 is 11.7. The van der Waals surface area contributed by atoms with Crippen molar-refractivity contribution < 1.29 is 9.47 Å². The van der Waals surface area contributed by atoms with Crippen molar-refractivity contribution in [2.45, 2.75) is 70.5 Å². The lowest BCUT2D eigenvalue weighted by Crippen LogP contribution is -2.37. The minimum Gasteiger partial charge on any atom is -0.348 e. The highest BCUT2D eigenvalue weighted by Crippen LogP contribution is 2.44. The number of ether oxygens (including phenoxy) is 2. The number of rotatable bonds is 3. The predicted molar refractivity (Wildman–Crippen MR) is 76.9 cm³/mol. The first-order valence-corrected chi connectivity index (χ1v) is 8.27. The summed E-state index contributed by atoms with van der Waals surface area (Å²) >= 11 is 0. The molecule has 108 valence electrons. The summed E-state index contributed by atoms with van der Waals surface area (Å²) in [6, 6.07) is 0. The summed E-state index contributed by atoms with van der Waals surface area (Å²) in [6.07, 6.45) is 14.1. The Bertz CT molecular complexity index is 318. The lowest BCUT2D eigenvalue weighted by atomic mass is 9.72. The third-order valence-electron chi connectivity index (χ3n) is 5.39. The maximum absolute atomic E-state index is 5.83. The van der Waals surface area contributed by atoms with E-state index in [2.05, 4.69) is 13.0 Å². The first-order chi connectivity index (χ1) is 9.31. The van der Waals surface area contributed by atoms with Crippen LogP contribution in [0.3, 0.4) is 0 Å². The molecule has 1 unspecified atom stereocenters. The van der Waals surface area contributed by atoms with Crippen molar-refractivity contribution >= 4 is 0 Å². The van der Waals surface area contributed by atoms with Crippen molar-refractivity contribution in [1.82, 2.24) is 0 Å². The topological polar surface area (TPSA) is 18.5 Å². The predicted octanol–water partition coefficient (Wildman–Crippen LogP) is 4.45. The van der Waals surface area contributed by atoms with Gasteiger partial charge in [0.2, 0.25) is 0 Å². The van der Waals surface area contributed by atoms with Crippen molar-refractivity contribution in [2.24, 2.45) is 11.8 Å². The van der Waals surface area contributed by atoms with Gasteiger partial charge in [0.05, 0.1) is 13.2 Å². The zero-order chi connectivity index (χ0) is 13.1. The zero-order valence-electron chi connectivity index (χ0n) is 12.3. The van der Waals surface area contributed by atoms with Crippen LogP contribution in [0.2, 0.25) is 0 Å². The van der Waals surface area contributed by atoms with Gasteiger partial charge in [-0.25, -0.2) is 0 Å². The fourth-order valence-corrected chi connectivity index (χ4v) is 4.22. The highest BCUT2D eigenvalue weighted by molar-refractivity contribution is 5.07. The van der Waals surface area contributed by atoms with Crippen LogP contribution in [0.4, 0.5) is 0 Å². The van der Waals surface area contributed by atoms with Crippen LogP contribution < -0.4 is 0 Å². The van der Waals surface area contributed by atoms with Crippen molar-refractivity contribution in [3.8, 4) is 0 Å². The van der Waals surface area contributed by atoms with E-state index in [0.29, 0.717) is 0 Å². The maximum Gasteiger partial charge on any atom is 0.168 e. The second-order valence-corrected chi connectivity index (χ2v) is 6.59. The molecule has 0 bridgehead atoms. The average molecular weight is 264 g/mol. The molecule has 19 heavy (non-hydrogen) atoms. The van der Waals surface area contributed by atoms with Crippen LogP contribution >= 0.6 is 0 Å². The van der Waals surface area contributed by atoms with E-state index in [1.165, 1.54) is 44.9 Å². The molecule has 0 N–H and O–H groups in total. The molecule has 0 aromatic carbocycles. The van der Waals surface area contributed by atoms with Gasteiger partial charge in [0.1, 0.15) is 0 Å². The quantitative estimate of drug-likeness (QED) is 0.701. The summed E-state index contributed by atoms with van der Waals surface area (Å²) in [6.45, 7) is 3.89. The van der Waals surface area contributed by atoms with Crippen molar-refractivity contribution in [3.05, 3.63) is 11.6 Å². The Morgan fingerprint density at radius 2 is 1.84 bits per heavy atom. The zero-order valence-corrected chi connectivity index (χ0v) is 12.3. The van der Waals surface area contributed by atoms with Gasteiger partial charge in [0, 0.05) is 12.8 Å². The van der Waals surface area contributed by atoms with E-state index in [0.717, 1.165) is 37.9 Å². The van der Waals surface area contributed by atoms with Crippen LogP contribution in [0.15, 0.2) is 11.6 Å². The lowest BCUT2D eigenvalue weighted by Gasteiger charge is -2.39. The fraction of sp³-hybridized carbons (Fsp3) is 0.882. The van der Waals surface area contributed by atoms with E-state index < -0.39 is 0 Å². The molecule has 3 aliphatic rings. The molecule has 1 saturated carbocycles. The largest absolute Gasteiger partial charge is 0.348 e. The molecule has 2 fully saturated rings. The molecule has 1 atom stereocenters. The van der Waals surface area contributed by atoms with Gasteiger partial charge in [-0.3, -0.25) is 0 Å². The third kappa shape index (κ3) is 3.05. The Morgan fingerprint density at radius 1 is 1.11 bits per heavy atom. The van der Waals surface area contributed by atoms with Gasteiger partial charge in [-0.1, -0.05) is 25.0 Å². The number of hydrogen-bond acceptors (Lipinski definition) is 2. The molecule has 1 spiro atoms. The van der Waals surface area contributed by atoms with Gasteiger partial charge in [-0.05, 0) is 50.4 Å². The van der Waals surface area contributed by atoms with Crippen LogP contribution in [0, 0.1) is 11.8 Å². The van der Waals surface area contributed by atoms with Gasteiger partial charge < -0.3 is 9.47 Å². The first-order valence-electron chi connectivity index (χ1n) is 8.27. The van der Waals surface area contributed by atoms with Crippen LogP contribution in [-0.4, -0.2) is 19.0 Å². The van der Waals surface area contributed by atoms with Gasteiger partial charge in [-0.15, -0.1) is 0 Å². The first kappa shape index (κ1) is 13.6. The standard InChI is InChI=1S/C17H28O2/c1-2-3-14-4-6-15(7-5-14)16-8-10-17(11-9-16)18-12-13-19-17/h4,15-16H,2-3,5-13H2,1H3. The van der Waals surface area contributed by atoms with Crippen LogP contribution in [-0.2, 0) is 9.47 Å². The van der Waals surface area contributed by atoms with E-state index >= 15 is 0 Å². The monoisotopic (exact) mass is 264 g/mol. The minimum absolute atomic E-state index is 0.172. The molecule has 0 aromatic heterocycles. The summed E-state index contributed by atoms with van der Waals surface area (Å²) in [4.78, 5) is 0.